The highest BCUT2D eigenvalue weighted by atomic mass is 19.4. The third kappa shape index (κ3) is 3.26. The van der Waals surface area contributed by atoms with E-state index in [9.17, 15) is 17.6 Å². The molecule has 118 valence electrons. The number of nitrogens with zero attached hydrogens (tertiary/aromatic N) is 1. The van der Waals surface area contributed by atoms with Crippen molar-refractivity contribution in [3.8, 4) is 0 Å². The average molecular weight is 320 g/mol. The van der Waals surface area contributed by atoms with Gasteiger partial charge in [0.1, 0.15) is 11.9 Å². The summed E-state index contributed by atoms with van der Waals surface area (Å²) in [7, 11) is 0. The fraction of sp³-hybridized carbons (Fsp3) is 0.118. The van der Waals surface area contributed by atoms with Crippen LogP contribution in [0.15, 0.2) is 60.8 Å². The van der Waals surface area contributed by atoms with Crippen molar-refractivity contribution >= 4 is 16.6 Å². The normalized spacial score (nSPS) is 13.0. The molecule has 1 heterocycles. The Morgan fingerprint density at radius 2 is 1.61 bits per heavy atom. The second kappa shape index (κ2) is 5.87. The van der Waals surface area contributed by atoms with Crippen molar-refractivity contribution in [1.29, 1.82) is 0 Å². The van der Waals surface area contributed by atoms with E-state index in [0.29, 0.717) is 5.52 Å². The van der Waals surface area contributed by atoms with Crippen molar-refractivity contribution in [1.82, 2.24) is 4.98 Å². The molecule has 0 aliphatic heterocycles. The minimum absolute atomic E-state index is 0.0631. The Bertz CT molecular complexity index is 807. The van der Waals surface area contributed by atoms with Crippen LogP contribution in [0.25, 0.3) is 10.9 Å². The van der Waals surface area contributed by atoms with Gasteiger partial charge in [0.15, 0.2) is 0 Å². The van der Waals surface area contributed by atoms with E-state index < -0.39 is 18.0 Å². The highest BCUT2D eigenvalue weighted by Gasteiger charge is 2.41. The summed E-state index contributed by atoms with van der Waals surface area (Å²) < 4.78 is 53.2. The number of benzene rings is 2. The Kier molecular flexibility index (Phi) is 3.90. The van der Waals surface area contributed by atoms with Gasteiger partial charge in [-0.1, -0.05) is 30.3 Å². The molecule has 0 saturated carbocycles. The molecule has 0 aliphatic carbocycles. The first-order chi connectivity index (χ1) is 10.9. The zero-order valence-corrected chi connectivity index (χ0v) is 11.8. The molecule has 1 unspecified atom stereocenters. The number of aromatic nitrogens is 1. The predicted octanol–water partition coefficient (Wildman–Crippen LogP) is 5.09. The van der Waals surface area contributed by atoms with Crippen LogP contribution in [-0.2, 0) is 0 Å². The molecule has 0 saturated heterocycles. The molecular formula is C17H12F4N2. The largest absolute Gasteiger partial charge is 0.412 e. The molecule has 1 aromatic heterocycles. The van der Waals surface area contributed by atoms with Gasteiger partial charge in [0, 0.05) is 11.6 Å². The molecule has 0 radical (unpaired) electrons. The fourth-order valence-corrected chi connectivity index (χ4v) is 2.39. The van der Waals surface area contributed by atoms with Crippen LogP contribution in [0.4, 0.5) is 23.2 Å². The molecule has 0 fully saturated rings. The van der Waals surface area contributed by atoms with E-state index in [1.54, 1.807) is 24.3 Å². The van der Waals surface area contributed by atoms with E-state index in [1.165, 1.54) is 12.3 Å². The third-order valence-corrected chi connectivity index (χ3v) is 3.46. The first-order valence-corrected chi connectivity index (χ1v) is 6.87. The molecule has 3 aromatic rings. The Labute approximate surface area is 129 Å². The summed E-state index contributed by atoms with van der Waals surface area (Å²) in [6.07, 6.45) is -3.01. The summed E-state index contributed by atoms with van der Waals surface area (Å²) in [6.45, 7) is 0. The number of hydrogen-bond donors (Lipinski definition) is 1. The zero-order chi connectivity index (χ0) is 16.4. The first-order valence-electron chi connectivity index (χ1n) is 6.87. The number of fused-ring (bicyclic) bond motifs is 1. The number of hydrogen-bond acceptors (Lipinski definition) is 2. The Balaban J connectivity index is 2.03. The minimum atomic E-state index is -4.53. The third-order valence-electron chi connectivity index (χ3n) is 3.46. The summed E-state index contributed by atoms with van der Waals surface area (Å²) >= 11 is 0. The minimum Gasteiger partial charge on any atom is -0.369 e. The number of anilines is 1. The monoisotopic (exact) mass is 320 g/mol. The maximum absolute atomic E-state index is 13.4. The molecule has 0 bridgehead atoms. The maximum atomic E-state index is 13.4. The predicted molar refractivity (Wildman–Crippen MR) is 80.6 cm³/mol. The highest BCUT2D eigenvalue weighted by molar-refractivity contribution is 5.90. The Hall–Kier alpha value is -2.63. The number of para-hydroxylation sites is 1. The lowest BCUT2D eigenvalue weighted by Crippen LogP contribution is -2.28. The number of halogens is 4. The second-order valence-electron chi connectivity index (χ2n) is 5.05. The molecule has 2 aromatic carbocycles. The summed E-state index contributed by atoms with van der Waals surface area (Å²) in [5, 5.41) is 3.22. The van der Waals surface area contributed by atoms with Gasteiger partial charge >= 0.3 is 6.18 Å². The molecule has 6 heteroatoms. The van der Waals surface area contributed by atoms with Gasteiger partial charge in [-0.25, -0.2) is 4.39 Å². The number of rotatable bonds is 3. The lowest BCUT2D eigenvalue weighted by atomic mass is 10.1. The molecule has 0 spiro atoms. The molecule has 2 nitrogen and oxygen atoms in total. The summed E-state index contributed by atoms with van der Waals surface area (Å²) in [6, 6.07) is 10.8. The quantitative estimate of drug-likeness (QED) is 0.680. The van der Waals surface area contributed by atoms with Gasteiger partial charge in [-0.3, -0.25) is 4.98 Å². The lowest BCUT2D eigenvalue weighted by molar-refractivity contribution is -0.144. The maximum Gasteiger partial charge on any atom is 0.412 e. The van der Waals surface area contributed by atoms with Gasteiger partial charge in [-0.05, 0) is 29.8 Å². The van der Waals surface area contributed by atoms with Crippen molar-refractivity contribution in [3.05, 3.63) is 72.2 Å². The molecule has 0 aliphatic rings. The van der Waals surface area contributed by atoms with E-state index in [-0.39, 0.29) is 11.3 Å². The smallest absolute Gasteiger partial charge is 0.369 e. The topological polar surface area (TPSA) is 24.9 Å². The SMILES string of the molecule is Fc1ccc(C(Nc2cccc3cccnc23)C(F)(F)F)cc1. The standard InChI is InChI=1S/C17H12F4N2/c18-13-8-6-12(7-9-13)16(17(19,20)21)23-14-5-1-3-11-4-2-10-22-15(11)14/h1-10,16,23H. The lowest BCUT2D eigenvalue weighted by Gasteiger charge is -2.23. The zero-order valence-electron chi connectivity index (χ0n) is 11.8. The van der Waals surface area contributed by atoms with Crippen LogP contribution >= 0.6 is 0 Å². The molecule has 0 amide bonds. The van der Waals surface area contributed by atoms with Crippen LogP contribution in [0.5, 0.6) is 0 Å². The molecule has 3 rings (SSSR count). The van der Waals surface area contributed by atoms with Gasteiger partial charge in [0.2, 0.25) is 0 Å². The molecular weight excluding hydrogens is 308 g/mol. The number of pyridine rings is 1. The molecule has 23 heavy (non-hydrogen) atoms. The fourth-order valence-electron chi connectivity index (χ4n) is 2.39. The molecule has 1 atom stereocenters. The van der Waals surface area contributed by atoms with Crippen LogP contribution in [0.1, 0.15) is 11.6 Å². The van der Waals surface area contributed by atoms with Crippen molar-refractivity contribution in [2.45, 2.75) is 12.2 Å². The van der Waals surface area contributed by atoms with Crippen LogP contribution < -0.4 is 5.32 Å². The van der Waals surface area contributed by atoms with Gasteiger partial charge in [-0.2, -0.15) is 13.2 Å². The number of nitrogens with one attached hydrogen (secondary N) is 1. The van der Waals surface area contributed by atoms with Crippen molar-refractivity contribution in [2.75, 3.05) is 5.32 Å². The van der Waals surface area contributed by atoms with Gasteiger partial charge in [0.05, 0.1) is 11.2 Å². The van der Waals surface area contributed by atoms with Crippen LogP contribution in [0.2, 0.25) is 0 Å². The van der Waals surface area contributed by atoms with Gasteiger partial charge in [-0.15, -0.1) is 0 Å². The Morgan fingerprint density at radius 1 is 0.913 bits per heavy atom. The first kappa shape index (κ1) is 15.3. The van der Waals surface area contributed by atoms with Crippen LogP contribution in [0, 0.1) is 5.82 Å². The van der Waals surface area contributed by atoms with Gasteiger partial charge < -0.3 is 5.32 Å². The van der Waals surface area contributed by atoms with E-state index >= 15 is 0 Å². The number of alkyl halides is 3. The average Bonchev–Trinajstić information content (AvgIpc) is 2.53. The summed E-state index contributed by atoms with van der Waals surface area (Å²) in [4.78, 5) is 4.13. The van der Waals surface area contributed by atoms with E-state index in [2.05, 4.69) is 10.3 Å². The van der Waals surface area contributed by atoms with Crippen LogP contribution in [0.3, 0.4) is 0 Å². The summed E-state index contributed by atoms with van der Waals surface area (Å²) in [5.74, 6) is -0.582. The van der Waals surface area contributed by atoms with Crippen molar-refractivity contribution in [2.24, 2.45) is 0 Å². The van der Waals surface area contributed by atoms with Crippen molar-refractivity contribution in [3.63, 3.8) is 0 Å². The van der Waals surface area contributed by atoms with E-state index in [4.69, 9.17) is 0 Å². The van der Waals surface area contributed by atoms with Crippen molar-refractivity contribution < 1.29 is 17.6 Å². The van der Waals surface area contributed by atoms with E-state index in [0.717, 1.165) is 29.7 Å². The molecule has 1 N–H and O–H groups in total. The second-order valence-corrected chi connectivity index (χ2v) is 5.05. The Morgan fingerprint density at radius 3 is 2.30 bits per heavy atom. The van der Waals surface area contributed by atoms with E-state index in [1.807, 2.05) is 0 Å². The highest BCUT2D eigenvalue weighted by Crippen LogP contribution is 2.37. The van der Waals surface area contributed by atoms with Crippen LogP contribution in [-0.4, -0.2) is 11.2 Å². The van der Waals surface area contributed by atoms with Gasteiger partial charge in [0.25, 0.3) is 0 Å². The summed E-state index contributed by atoms with van der Waals surface area (Å²) in [5.41, 5.74) is 0.660.